The van der Waals surface area contributed by atoms with Gasteiger partial charge in [-0.25, -0.2) is 0 Å². The van der Waals surface area contributed by atoms with Crippen molar-refractivity contribution in [1.29, 1.82) is 0 Å². The van der Waals surface area contributed by atoms with Gasteiger partial charge >= 0.3 is 0 Å². The van der Waals surface area contributed by atoms with E-state index >= 15 is 0 Å². The molecule has 1 heterocycles. The Morgan fingerprint density at radius 1 is 1.25 bits per heavy atom. The fourth-order valence-electron chi connectivity index (χ4n) is 3.40. The molecule has 5 heteroatoms. The van der Waals surface area contributed by atoms with E-state index < -0.39 is 0 Å². The molecule has 0 spiro atoms. The molecule has 1 saturated heterocycles. The molecule has 2 amide bonds. The van der Waals surface area contributed by atoms with Gasteiger partial charge in [-0.15, -0.1) is 0 Å². The number of anilines is 1. The SMILES string of the molecule is CC1CC2C(=O)N(Cc3c(N)cccc3Cl)C(=O)C2C1. The smallest absolute Gasteiger partial charge is 0.233 e. The minimum Gasteiger partial charge on any atom is -0.398 e. The number of fused-ring (bicyclic) bond motifs is 1. The fraction of sp³-hybridized carbons (Fsp3) is 0.467. The van der Waals surface area contributed by atoms with Crippen molar-refractivity contribution in [3.05, 3.63) is 28.8 Å². The van der Waals surface area contributed by atoms with Crippen LogP contribution in [0.25, 0.3) is 0 Å². The number of nitrogen functional groups attached to an aromatic ring is 1. The quantitative estimate of drug-likeness (QED) is 0.673. The number of carbonyl (C=O) groups excluding carboxylic acids is 2. The number of rotatable bonds is 2. The molecule has 1 aromatic rings. The van der Waals surface area contributed by atoms with Crippen molar-refractivity contribution in [3.63, 3.8) is 0 Å². The van der Waals surface area contributed by atoms with E-state index in [0.29, 0.717) is 22.2 Å². The van der Waals surface area contributed by atoms with Crippen molar-refractivity contribution in [2.24, 2.45) is 17.8 Å². The Morgan fingerprint density at radius 2 is 1.85 bits per heavy atom. The number of hydrogen-bond donors (Lipinski definition) is 1. The molecule has 4 nitrogen and oxygen atoms in total. The van der Waals surface area contributed by atoms with Gasteiger partial charge in [0.2, 0.25) is 11.8 Å². The maximum Gasteiger partial charge on any atom is 0.233 e. The van der Waals surface area contributed by atoms with Crippen LogP contribution in [0.15, 0.2) is 18.2 Å². The normalized spacial score (nSPS) is 29.1. The summed E-state index contributed by atoms with van der Waals surface area (Å²) in [5.41, 5.74) is 7.07. The van der Waals surface area contributed by atoms with E-state index in [1.165, 1.54) is 4.90 Å². The number of halogens is 1. The van der Waals surface area contributed by atoms with Crippen molar-refractivity contribution in [1.82, 2.24) is 4.90 Å². The highest BCUT2D eigenvalue weighted by Crippen LogP contribution is 2.43. The zero-order valence-corrected chi connectivity index (χ0v) is 12.1. The van der Waals surface area contributed by atoms with Gasteiger partial charge in [-0.1, -0.05) is 24.6 Å². The van der Waals surface area contributed by atoms with Gasteiger partial charge in [0.1, 0.15) is 0 Å². The predicted molar refractivity (Wildman–Crippen MR) is 76.8 cm³/mol. The van der Waals surface area contributed by atoms with Crippen LogP contribution in [-0.2, 0) is 16.1 Å². The average molecular weight is 293 g/mol. The molecule has 2 unspecified atom stereocenters. The van der Waals surface area contributed by atoms with Crippen molar-refractivity contribution in [2.75, 3.05) is 5.73 Å². The van der Waals surface area contributed by atoms with Gasteiger partial charge in [0.05, 0.1) is 18.4 Å². The molecule has 0 radical (unpaired) electrons. The molecule has 1 aliphatic heterocycles. The molecule has 2 atom stereocenters. The van der Waals surface area contributed by atoms with Gasteiger partial charge in [0, 0.05) is 16.3 Å². The number of nitrogens with two attached hydrogens (primary N) is 1. The summed E-state index contributed by atoms with van der Waals surface area (Å²) in [4.78, 5) is 26.1. The monoisotopic (exact) mass is 292 g/mol. The van der Waals surface area contributed by atoms with E-state index in [1.54, 1.807) is 18.2 Å². The van der Waals surface area contributed by atoms with E-state index in [-0.39, 0.29) is 30.2 Å². The van der Waals surface area contributed by atoms with Crippen LogP contribution < -0.4 is 5.73 Å². The molecule has 1 aromatic carbocycles. The van der Waals surface area contributed by atoms with E-state index in [2.05, 4.69) is 6.92 Å². The van der Waals surface area contributed by atoms with Crippen LogP contribution in [0.4, 0.5) is 5.69 Å². The first-order valence-electron chi connectivity index (χ1n) is 6.87. The Kier molecular flexibility index (Phi) is 3.21. The van der Waals surface area contributed by atoms with Gasteiger partial charge in [0.25, 0.3) is 0 Å². The number of carbonyl (C=O) groups is 2. The van der Waals surface area contributed by atoms with Crippen LogP contribution in [0.5, 0.6) is 0 Å². The second-order valence-electron chi connectivity index (χ2n) is 5.86. The van der Waals surface area contributed by atoms with Gasteiger partial charge in [-0.05, 0) is 30.9 Å². The summed E-state index contributed by atoms with van der Waals surface area (Å²) in [6.07, 6.45) is 1.62. The lowest BCUT2D eigenvalue weighted by molar-refractivity contribution is -0.141. The molecule has 20 heavy (non-hydrogen) atoms. The second-order valence-corrected chi connectivity index (χ2v) is 6.27. The lowest BCUT2D eigenvalue weighted by Gasteiger charge is -2.18. The maximum atomic E-state index is 12.4. The molecule has 3 rings (SSSR count). The Bertz CT molecular complexity index is 543. The molecule has 0 aromatic heterocycles. The van der Waals surface area contributed by atoms with Crippen molar-refractivity contribution < 1.29 is 9.59 Å². The average Bonchev–Trinajstić information content (AvgIpc) is 2.87. The van der Waals surface area contributed by atoms with E-state index in [1.807, 2.05) is 0 Å². The molecular formula is C15H17ClN2O2. The van der Waals surface area contributed by atoms with Crippen molar-refractivity contribution in [3.8, 4) is 0 Å². The number of nitrogens with zero attached hydrogens (tertiary/aromatic N) is 1. The van der Waals surface area contributed by atoms with Gasteiger partial charge < -0.3 is 5.73 Å². The Hall–Kier alpha value is -1.55. The van der Waals surface area contributed by atoms with Crippen LogP contribution in [-0.4, -0.2) is 16.7 Å². The third-order valence-electron chi connectivity index (χ3n) is 4.44. The minimum absolute atomic E-state index is 0.0660. The maximum absolute atomic E-state index is 12.4. The summed E-state index contributed by atoms with van der Waals surface area (Å²) >= 11 is 6.12. The number of hydrogen-bond acceptors (Lipinski definition) is 3. The van der Waals surface area contributed by atoms with E-state index in [4.69, 9.17) is 17.3 Å². The lowest BCUT2D eigenvalue weighted by atomic mass is 10.00. The van der Waals surface area contributed by atoms with Gasteiger partial charge in [-0.2, -0.15) is 0 Å². The fourth-order valence-corrected chi connectivity index (χ4v) is 3.64. The molecule has 0 bridgehead atoms. The van der Waals surface area contributed by atoms with Crippen molar-refractivity contribution >= 4 is 29.1 Å². The molecule has 2 N–H and O–H groups in total. The number of amides is 2. The summed E-state index contributed by atoms with van der Waals surface area (Å²) < 4.78 is 0. The van der Waals surface area contributed by atoms with Gasteiger partial charge in [0.15, 0.2) is 0 Å². The topological polar surface area (TPSA) is 63.4 Å². The van der Waals surface area contributed by atoms with Crippen LogP contribution in [0.3, 0.4) is 0 Å². The molecule has 2 fully saturated rings. The van der Waals surface area contributed by atoms with Crippen molar-refractivity contribution in [2.45, 2.75) is 26.3 Å². The predicted octanol–water partition coefficient (Wildman–Crippen LogP) is 2.45. The third kappa shape index (κ3) is 1.99. The largest absolute Gasteiger partial charge is 0.398 e. The van der Waals surface area contributed by atoms with E-state index in [9.17, 15) is 9.59 Å². The first-order valence-corrected chi connectivity index (χ1v) is 7.25. The summed E-state index contributed by atoms with van der Waals surface area (Å²) in [5, 5.41) is 0.496. The zero-order chi connectivity index (χ0) is 14.4. The third-order valence-corrected chi connectivity index (χ3v) is 4.79. The van der Waals surface area contributed by atoms with E-state index in [0.717, 1.165) is 12.8 Å². The molecule has 1 aliphatic carbocycles. The lowest BCUT2D eigenvalue weighted by Crippen LogP contribution is -2.32. The number of benzene rings is 1. The highest BCUT2D eigenvalue weighted by molar-refractivity contribution is 6.31. The summed E-state index contributed by atoms with van der Waals surface area (Å²) in [5.74, 6) is 0.0418. The standard InChI is InChI=1S/C15H17ClN2O2/c1-8-5-9-10(6-8)15(20)18(14(9)19)7-11-12(16)3-2-4-13(11)17/h2-4,8-10H,5-7,17H2,1H3. The summed E-state index contributed by atoms with van der Waals surface area (Å²) in [6, 6.07) is 5.21. The highest BCUT2D eigenvalue weighted by Gasteiger charge is 2.51. The van der Waals surface area contributed by atoms with Gasteiger partial charge in [-0.3, -0.25) is 14.5 Å². The number of imide groups is 1. The summed E-state index contributed by atoms with van der Waals surface area (Å²) in [6.45, 7) is 2.28. The zero-order valence-electron chi connectivity index (χ0n) is 11.3. The Morgan fingerprint density at radius 3 is 2.40 bits per heavy atom. The van der Waals surface area contributed by atoms with Crippen LogP contribution in [0.1, 0.15) is 25.3 Å². The Labute approximate surface area is 122 Å². The number of likely N-dealkylation sites (tertiary alicyclic amines) is 1. The molecular weight excluding hydrogens is 276 g/mol. The summed E-state index contributed by atoms with van der Waals surface area (Å²) in [7, 11) is 0. The van der Waals surface area contributed by atoms with Crippen LogP contribution in [0, 0.1) is 17.8 Å². The molecule has 1 saturated carbocycles. The second kappa shape index (κ2) is 4.77. The van der Waals surface area contributed by atoms with Crippen LogP contribution >= 0.6 is 11.6 Å². The first-order chi connectivity index (χ1) is 9.49. The highest BCUT2D eigenvalue weighted by atomic mass is 35.5. The first kappa shape index (κ1) is 13.4. The van der Waals surface area contributed by atoms with Crippen LogP contribution in [0.2, 0.25) is 5.02 Å². The molecule has 106 valence electrons. The Balaban J connectivity index is 1.86. The minimum atomic E-state index is -0.138. The molecule has 2 aliphatic rings.